The second-order valence-corrected chi connectivity index (χ2v) is 8.77. The molecule has 2 aromatic carbocycles. The molecule has 4 rings (SSSR count). The Balaban J connectivity index is 1.83. The average Bonchev–Trinajstić information content (AvgIpc) is 3.00. The molecule has 0 saturated carbocycles. The molecule has 0 bridgehead atoms. The number of halogens is 1. The molecule has 5 nitrogen and oxygen atoms in total. The number of ether oxygens (including phenoxy) is 1. The minimum atomic E-state index is -0.513. The molecule has 0 N–H and O–H groups in total. The van der Waals surface area contributed by atoms with Crippen molar-refractivity contribution >= 4 is 28.5 Å². The fourth-order valence-corrected chi connectivity index (χ4v) is 4.18. The number of rotatable bonds is 6. The Kier molecular flexibility index (Phi) is 5.91. The summed E-state index contributed by atoms with van der Waals surface area (Å²) in [5.74, 6) is -0.137. The summed E-state index contributed by atoms with van der Waals surface area (Å²) in [6.07, 6.45) is 0.784. The van der Waals surface area contributed by atoms with Gasteiger partial charge in [-0.15, -0.1) is 0 Å². The Hall–Kier alpha value is -2.63. The van der Waals surface area contributed by atoms with Gasteiger partial charge in [-0.1, -0.05) is 23.7 Å². The van der Waals surface area contributed by atoms with Gasteiger partial charge in [0, 0.05) is 18.2 Å². The molecule has 0 unspecified atom stereocenters. The zero-order valence-electron chi connectivity index (χ0n) is 18.2. The molecule has 6 heteroatoms. The molecule has 162 valence electrons. The van der Waals surface area contributed by atoms with Gasteiger partial charge in [-0.2, -0.15) is 0 Å². The predicted molar refractivity (Wildman–Crippen MR) is 122 cm³/mol. The van der Waals surface area contributed by atoms with Crippen LogP contribution in [0.5, 0.6) is 0 Å². The summed E-state index contributed by atoms with van der Waals surface area (Å²) < 4.78 is 11.7. The van der Waals surface area contributed by atoms with Crippen LogP contribution in [0.15, 0.2) is 45.6 Å². The number of aryl methyl sites for hydroxylation is 2. The maximum Gasteiger partial charge on any atom is 0.290 e. The second-order valence-electron chi connectivity index (χ2n) is 8.33. The summed E-state index contributed by atoms with van der Waals surface area (Å²) in [4.78, 5) is 28.6. The van der Waals surface area contributed by atoms with Crippen molar-refractivity contribution in [2.75, 3.05) is 13.2 Å². The molecule has 1 atom stereocenters. The van der Waals surface area contributed by atoms with Gasteiger partial charge in [0.2, 0.25) is 5.76 Å². The minimum Gasteiger partial charge on any atom is -0.450 e. The maximum absolute atomic E-state index is 13.6. The third-order valence-electron chi connectivity index (χ3n) is 5.76. The van der Waals surface area contributed by atoms with Gasteiger partial charge in [0.15, 0.2) is 5.43 Å². The Labute approximate surface area is 186 Å². The van der Waals surface area contributed by atoms with Crippen LogP contribution in [0, 0.1) is 13.8 Å². The van der Waals surface area contributed by atoms with Crippen LogP contribution < -0.4 is 5.43 Å². The SMILES string of the molecule is Cc1cc2oc3c(c(=O)c2cc1C)[C@@H](c1ccc(Cl)cc1)N(CCCOC(C)C)C3=O. The molecule has 1 aliphatic rings. The number of nitrogens with zero attached hydrogens (tertiary/aromatic N) is 1. The second kappa shape index (κ2) is 8.48. The lowest BCUT2D eigenvalue weighted by Gasteiger charge is -2.25. The van der Waals surface area contributed by atoms with Crippen molar-refractivity contribution in [2.45, 2.75) is 46.3 Å². The molecule has 0 fully saturated rings. The van der Waals surface area contributed by atoms with Crippen LogP contribution in [0.1, 0.15) is 59.1 Å². The molecule has 0 aliphatic carbocycles. The van der Waals surface area contributed by atoms with E-state index < -0.39 is 6.04 Å². The highest BCUT2D eigenvalue weighted by molar-refractivity contribution is 6.30. The molecule has 0 spiro atoms. The summed E-state index contributed by atoms with van der Waals surface area (Å²) in [7, 11) is 0. The van der Waals surface area contributed by atoms with Crippen LogP contribution in [0.25, 0.3) is 11.0 Å². The molecular weight excluding hydrogens is 414 g/mol. The van der Waals surface area contributed by atoms with Crippen molar-refractivity contribution < 1.29 is 13.9 Å². The molecule has 1 aromatic heterocycles. The number of carbonyl (C=O) groups excluding carboxylic acids is 1. The number of hydrogen-bond acceptors (Lipinski definition) is 4. The molecular formula is C25H26ClNO4. The highest BCUT2D eigenvalue weighted by atomic mass is 35.5. The van der Waals surface area contributed by atoms with Crippen LogP contribution in [-0.2, 0) is 4.74 Å². The van der Waals surface area contributed by atoms with Gasteiger partial charge in [-0.25, -0.2) is 0 Å². The van der Waals surface area contributed by atoms with E-state index >= 15 is 0 Å². The molecule has 31 heavy (non-hydrogen) atoms. The number of benzene rings is 2. The Morgan fingerprint density at radius 1 is 1.10 bits per heavy atom. The lowest BCUT2D eigenvalue weighted by Crippen LogP contribution is -2.31. The van der Waals surface area contributed by atoms with Gasteiger partial charge < -0.3 is 14.1 Å². The number of fused-ring (bicyclic) bond motifs is 2. The average molecular weight is 440 g/mol. The van der Waals surface area contributed by atoms with E-state index in [0.717, 1.165) is 16.7 Å². The molecule has 0 radical (unpaired) electrons. The minimum absolute atomic E-state index is 0.124. The zero-order valence-corrected chi connectivity index (χ0v) is 19.0. The van der Waals surface area contributed by atoms with E-state index in [1.54, 1.807) is 17.0 Å². The van der Waals surface area contributed by atoms with Crippen molar-refractivity contribution in [3.8, 4) is 0 Å². The summed E-state index contributed by atoms with van der Waals surface area (Å²) in [5, 5.41) is 1.10. The van der Waals surface area contributed by atoms with E-state index in [-0.39, 0.29) is 23.2 Å². The molecule has 2 heterocycles. The highest BCUT2D eigenvalue weighted by Gasteiger charge is 2.42. The predicted octanol–water partition coefficient (Wildman–Crippen LogP) is 5.42. The van der Waals surface area contributed by atoms with Gasteiger partial charge in [0.05, 0.1) is 23.1 Å². The lowest BCUT2D eigenvalue weighted by atomic mass is 9.97. The highest BCUT2D eigenvalue weighted by Crippen LogP contribution is 2.38. The van der Waals surface area contributed by atoms with E-state index in [9.17, 15) is 9.59 Å². The first-order valence-corrected chi connectivity index (χ1v) is 10.9. The molecule has 1 aliphatic heterocycles. The van der Waals surface area contributed by atoms with Gasteiger partial charge in [0.25, 0.3) is 5.91 Å². The summed E-state index contributed by atoms with van der Waals surface area (Å²) in [5.41, 5.74) is 3.53. The first-order chi connectivity index (χ1) is 14.8. The van der Waals surface area contributed by atoms with Crippen LogP contribution in [-0.4, -0.2) is 30.1 Å². The summed E-state index contributed by atoms with van der Waals surface area (Å²) >= 11 is 6.08. The van der Waals surface area contributed by atoms with E-state index in [4.69, 9.17) is 20.8 Å². The van der Waals surface area contributed by atoms with Crippen molar-refractivity contribution in [1.29, 1.82) is 0 Å². The number of amides is 1. The van der Waals surface area contributed by atoms with Crippen LogP contribution in [0.3, 0.4) is 0 Å². The van der Waals surface area contributed by atoms with Crippen LogP contribution in [0.4, 0.5) is 0 Å². The van der Waals surface area contributed by atoms with Crippen LogP contribution in [0.2, 0.25) is 5.02 Å². The van der Waals surface area contributed by atoms with E-state index in [1.165, 1.54) is 0 Å². The van der Waals surface area contributed by atoms with E-state index in [1.807, 2.05) is 52.0 Å². The van der Waals surface area contributed by atoms with Gasteiger partial charge in [-0.05, 0) is 75.1 Å². The first-order valence-electron chi connectivity index (χ1n) is 10.5. The Bertz CT molecular complexity index is 1200. The lowest BCUT2D eigenvalue weighted by molar-refractivity contribution is 0.0593. The standard InChI is InChI=1S/C25H26ClNO4/c1-14(2)30-11-5-10-27-22(17-6-8-18(26)9-7-17)21-23(28)19-12-15(3)16(4)13-20(19)31-24(21)25(27)29/h6-9,12-14,22H,5,10-11H2,1-4H3/t22-/m1/s1. The molecule has 0 saturated heterocycles. The smallest absolute Gasteiger partial charge is 0.290 e. The van der Waals surface area contributed by atoms with Gasteiger partial charge in [0.1, 0.15) is 5.58 Å². The van der Waals surface area contributed by atoms with Gasteiger partial charge >= 0.3 is 0 Å². The van der Waals surface area contributed by atoms with Crippen molar-refractivity contribution in [3.05, 3.63) is 79.7 Å². The fourth-order valence-electron chi connectivity index (χ4n) is 4.05. The molecule has 3 aromatic rings. The van der Waals surface area contributed by atoms with Crippen molar-refractivity contribution in [1.82, 2.24) is 4.90 Å². The zero-order chi connectivity index (χ0) is 22.3. The van der Waals surface area contributed by atoms with Crippen LogP contribution >= 0.6 is 11.6 Å². The quantitative estimate of drug-likeness (QED) is 0.481. The van der Waals surface area contributed by atoms with Crippen molar-refractivity contribution in [3.63, 3.8) is 0 Å². The fraction of sp³-hybridized carbons (Fsp3) is 0.360. The summed E-state index contributed by atoms with van der Waals surface area (Å²) in [6.45, 7) is 8.87. The normalized spacial score (nSPS) is 15.9. The topological polar surface area (TPSA) is 59.8 Å². The maximum atomic E-state index is 13.6. The molecule has 1 amide bonds. The van der Waals surface area contributed by atoms with Gasteiger partial charge in [-0.3, -0.25) is 9.59 Å². The first kappa shape index (κ1) is 21.6. The van der Waals surface area contributed by atoms with E-state index in [2.05, 4.69) is 0 Å². The van der Waals surface area contributed by atoms with E-state index in [0.29, 0.717) is 41.1 Å². The largest absolute Gasteiger partial charge is 0.450 e. The number of hydrogen-bond donors (Lipinski definition) is 0. The summed E-state index contributed by atoms with van der Waals surface area (Å²) in [6, 6.07) is 10.4. The number of carbonyl (C=O) groups is 1. The third-order valence-corrected chi connectivity index (χ3v) is 6.01. The van der Waals surface area contributed by atoms with Crippen molar-refractivity contribution in [2.24, 2.45) is 0 Å². The monoisotopic (exact) mass is 439 g/mol. The Morgan fingerprint density at radius 3 is 2.45 bits per heavy atom. The Morgan fingerprint density at radius 2 is 1.77 bits per heavy atom. The third kappa shape index (κ3) is 4.00.